The maximum absolute atomic E-state index is 12.1. The van der Waals surface area contributed by atoms with Crippen molar-refractivity contribution in [1.29, 1.82) is 0 Å². The van der Waals surface area contributed by atoms with Gasteiger partial charge in [0.2, 0.25) is 0 Å². The predicted octanol–water partition coefficient (Wildman–Crippen LogP) is 2.39. The second-order valence-electron chi connectivity index (χ2n) is 5.62. The lowest BCUT2D eigenvalue weighted by Crippen LogP contribution is -2.22. The van der Waals surface area contributed by atoms with Gasteiger partial charge in [-0.2, -0.15) is 0 Å². The summed E-state index contributed by atoms with van der Waals surface area (Å²) in [5.41, 5.74) is 5.84. The zero-order chi connectivity index (χ0) is 20.5. The van der Waals surface area contributed by atoms with Crippen molar-refractivity contribution >= 4 is 39.9 Å². The van der Waals surface area contributed by atoms with E-state index in [1.54, 1.807) is 29.6 Å². The summed E-state index contributed by atoms with van der Waals surface area (Å²) < 4.78 is 10.2. The number of ketones is 1. The van der Waals surface area contributed by atoms with Crippen LogP contribution >= 0.6 is 11.3 Å². The Morgan fingerprint density at radius 2 is 1.79 bits per heavy atom. The first-order chi connectivity index (χ1) is 13.4. The number of esters is 1. The molecular formula is C19H20N2O6S. The summed E-state index contributed by atoms with van der Waals surface area (Å²) in [4.78, 5) is 46.9. The number of carbonyl (C=O) groups is 4. The average molecular weight is 404 g/mol. The fourth-order valence-corrected chi connectivity index (χ4v) is 3.05. The molecule has 8 nitrogen and oxygen atoms in total. The minimum atomic E-state index is -0.671. The van der Waals surface area contributed by atoms with E-state index >= 15 is 0 Å². The van der Waals surface area contributed by atoms with Gasteiger partial charge in [-0.1, -0.05) is 0 Å². The summed E-state index contributed by atoms with van der Waals surface area (Å²) in [6.45, 7) is 1.87. The van der Waals surface area contributed by atoms with Gasteiger partial charge in [0.25, 0.3) is 11.8 Å². The van der Waals surface area contributed by atoms with Crippen LogP contribution in [-0.2, 0) is 14.3 Å². The first kappa shape index (κ1) is 21.1. The molecule has 148 valence electrons. The van der Waals surface area contributed by atoms with Crippen LogP contribution in [0.15, 0.2) is 35.7 Å². The molecular weight excluding hydrogens is 384 g/mol. The van der Waals surface area contributed by atoms with Crippen LogP contribution in [0.5, 0.6) is 5.75 Å². The summed E-state index contributed by atoms with van der Waals surface area (Å²) in [6.07, 6.45) is -0.184. The normalized spacial score (nSPS) is 10.2. The first-order valence-electron chi connectivity index (χ1n) is 8.49. The van der Waals surface area contributed by atoms with Crippen LogP contribution in [0.25, 0.3) is 0 Å². The molecule has 0 aliphatic rings. The predicted molar refractivity (Wildman–Crippen MR) is 104 cm³/mol. The fourth-order valence-electron chi connectivity index (χ4n) is 2.24. The number of rotatable bonds is 10. The number of hydrogen-bond acceptors (Lipinski definition) is 7. The molecule has 0 fully saturated rings. The molecule has 0 aliphatic carbocycles. The third-order valence-electron chi connectivity index (χ3n) is 3.59. The maximum atomic E-state index is 12.1. The van der Waals surface area contributed by atoms with Gasteiger partial charge >= 0.3 is 5.97 Å². The molecule has 1 aromatic heterocycles. The molecule has 1 aromatic carbocycles. The molecule has 0 saturated heterocycles. The molecule has 0 spiro atoms. The third kappa shape index (κ3) is 6.20. The van der Waals surface area contributed by atoms with Gasteiger partial charge in [0.1, 0.15) is 10.8 Å². The van der Waals surface area contributed by atoms with E-state index in [1.165, 1.54) is 6.07 Å². The van der Waals surface area contributed by atoms with Crippen molar-refractivity contribution in [3.63, 3.8) is 0 Å². The Morgan fingerprint density at radius 3 is 2.43 bits per heavy atom. The molecule has 0 atom stereocenters. The largest absolute Gasteiger partial charge is 0.494 e. The van der Waals surface area contributed by atoms with E-state index in [2.05, 4.69) is 5.32 Å². The van der Waals surface area contributed by atoms with Crippen molar-refractivity contribution < 1.29 is 28.7 Å². The summed E-state index contributed by atoms with van der Waals surface area (Å²) in [6, 6.07) is 8.11. The van der Waals surface area contributed by atoms with E-state index in [1.807, 2.05) is 6.92 Å². The number of amides is 2. The van der Waals surface area contributed by atoms with Crippen LogP contribution in [0.1, 0.15) is 40.5 Å². The third-order valence-corrected chi connectivity index (χ3v) is 4.42. The van der Waals surface area contributed by atoms with Crippen LogP contribution in [0.4, 0.5) is 5.00 Å². The second kappa shape index (κ2) is 10.2. The Hall–Kier alpha value is -3.20. The molecule has 0 aliphatic heterocycles. The Labute approximate surface area is 165 Å². The molecule has 3 N–H and O–H groups in total. The smallest absolute Gasteiger partial charge is 0.306 e. The molecule has 2 rings (SSSR count). The number of ether oxygens (including phenoxy) is 2. The minimum absolute atomic E-state index is 0.0365. The second-order valence-corrected chi connectivity index (χ2v) is 6.53. The zero-order valence-electron chi connectivity index (χ0n) is 15.2. The van der Waals surface area contributed by atoms with E-state index in [-0.39, 0.29) is 24.2 Å². The number of carbonyl (C=O) groups excluding carboxylic acids is 4. The SMILES string of the molecule is CCOc1ccc(C(=O)CCC(=O)OCC(=O)Nc2sccc2C(N)=O)cc1. The molecule has 0 unspecified atom stereocenters. The minimum Gasteiger partial charge on any atom is -0.494 e. The Kier molecular flexibility index (Phi) is 7.70. The molecule has 2 aromatic rings. The lowest BCUT2D eigenvalue weighted by molar-refractivity contribution is -0.147. The molecule has 2 amide bonds. The maximum Gasteiger partial charge on any atom is 0.306 e. The number of nitrogens with two attached hydrogens (primary N) is 1. The van der Waals surface area contributed by atoms with Gasteiger partial charge in [-0.05, 0) is 42.6 Å². The highest BCUT2D eigenvalue weighted by Crippen LogP contribution is 2.22. The number of thiophene rings is 1. The van der Waals surface area contributed by atoms with Crippen LogP contribution in [0.3, 0.4) is 0 Å². The van der Waals surface area contributed by atoms with Gasteiger partial charge in [0.05, 0.1) is 18.6 Å². The Balaban J connectivity index is 1.74. The average Bonchev–Trinajstić information content (AvgIpc) is 3.13. The van der Waals surface area contributed by atoms with E-state index in [0.717, 1.165) is 11.3 Å². The lowest BCUT2D eigenvalue weighted by atomic mass is 10.1. The Morgan fingerprint density at radius 1 is 1.07 bits per heavy atom. The van der Waals surface area contributed by atoms with Crippen LogP contribution < -0.4 is 15.8 Å². The van der Waals surface area contributed by atoms with E-state index in [4.69, 9.17) is 15.2 Å². The number of nitrogens with one attached hydrogen (secondary N) is 1. The van der Waals surface area contributed by atoms with E-state index < -0.39 is 24.4 Å². The van der Waals surface area contributed by atoms with Gasteiger partial charge in [-0.15, -0.1) is 11.3 Å². The van der Waals surface area contributed by atoms with Crippen molar-refractivity contribution in [2.75, 3.05) is 18.5 Å². The highest BCUT2D eigenvalue weighted by molar-refractivity contribution is 7.14. The summed E-state index contributed by atoms with van der Waals surface area (Å²) >= 11 is 1.13. The summed E-state index contributed by atoms with van der Waals surface area (Å²) in [5, 5.41) is 4.35. The monoisotopic (exact) mass is 404 g/mol. The fraction of sp³-hybridized carbons (Fsp3) is 0.263. The first-order valence-corrected chi connectivity index (χ1v) is 9.37. The van der Waals surface area contributed by atoms with Gasteiger partial charge in [0.15, 0.2) is 12.4 Å². The van der Waals surface area contributed by atoms with Gasteiger partial charge in [-0.25, -0.2) is 0 Å². The van der Waals surface area contributed by atoms with Crippen molar-refractivity contribution in [3.05, 3.63) is 46.8 Å². The van der Waals surface area contributed by atoms with Crippen LogP contribution in [0, 0.1) is 0 Å². The van der Waals surface area contributed by atoms with Crippen molar-refractivity contribution in [3.8, 4) is 5.75 Å². The van der Waals surface area contributed by atoms with Gasteiger partial charge in [0, 0.05) is 12.0 Å². The molecule has 0 saturated carbocycles. The van der Waals surface area contributed by atoms with Crippen LogP contribution in [0.2, 0.25) is 0 Å². The Bertz CT molecular complexity index is 860. The number of hydrogen-bond donors (Lipinski definition) is 2. The van der Waals surface area contributed by atoms with Crippen molar-refractivity contribution in [2.45, 2.75) is 19.8 Å². The standard InChI is InChI=1S/C19H20N2O6S/c1-2-26-13-5-3-12(4-6-13)15(22)7-8-17(24)27-11-16(23)21-19-14(18(20)25)9-10-28-19/h3-6,9-10H,2,7-8,11H2,1H3,(H2,20,25)(H,21,23). The highest BCUT2D eigenvalue weighted by atomic mass is 32.1. The molecule has 9 heteroatoms. The van der Waals surface area contributed by atoms with E-state index in [9.17, 15) is 19.2 Å². The molecule has 28 heavy (non-hydrogen) atoms. The quantitative estimate of drug-likeness (QED) is 0.463. The summed E-state index contributed by atoms with van der Waals surface area (Å²) in [5.74, 6) is -1.49. The topological polar surface area (TPSA) is 125 Å². The van der Waals surface area contributed by atoms with E-state index in [0.29, 0.717) is 22.9 Å². The molecule has 1 heterocycles. The van der Waals surface area contributed by atoms with Crippen molar-refractivity contribution in [2.24, 2.45) is 5.73 Å². The number of primary amides is 1. The van der Waals surface area contributed by atoms with Gasteiger partial charge < -0.3 is 20.5 Å². The number of benzene rings is 1. The number of anilines is 1. The van der Waals surface area contributed by atoms with Crippen LogP contribution in [-0.4, -0.2) is 36.8 Å². The highest BCUT2D eigenvalue weighted by Gasteiger charge is 2.15. The lowest BCUT2D eigenvalue weighted by Gasteiger charge is -2.07. The zero-order valence-corrected chi connectivity index (χ0v) is 16.0. The van der Waals surface area contributed by atoms with Gasteiger partial charge in [-0.3, -0.25) is 19.2 Å². The molecule has 0 radical (unpaired) electrons. The number of Topliss-reactive ketones (excluding diaryl/α,β-unsaturated/α-hetero) is 1. The van der Waals surface area contributed by atoms with Crippen molar-refractivity contribution in [1.82, 2.24) is 0 Å². The molecule has 0 bridgehead atoms. The summed E-state index contributed by atoms with van der Waals surface area (Å²) in [7, 11) is 0.